The maximum atomic E-state index is 5.49. The second-order valence-electron chi connectivity index (χ2n) is 4.38. The van der Waals surface area contributed by atoms with Crippen LogP contribution in [0.15, 0.2) is 10.7 Å². The summed E-state index contributed by atoms with van der Waals surface area (Å²) in [5, 5.41) is 4.51. The number of nitrogens with zero attached hydrogens (tertiary/aromatic N) is 4. The van der Waals surface area contributed by atoms with Gasteiger partial charge >= 0.3 is 121 Å². The van der Waals surface area contributed by atoms with Gasteiger partial charge in [0.05, 0.1) is 0 Å². The number of hydrogen-bond donors (Lipinski definition) is 0. The molecule has 0 amide bonds. The molecule has 0 spiro atoms. The van der Waals surface area contributed by atoms with E-state index in [1.807, 2.05) is 32.8 Å². The third kappa shape index (κ3) is 2.39. The summed E-state index contributed by atoms with van der Waals surface area (Å²) in [4.78, 5) is 6.41. The topological polar surface area (TPSA) is 42.7 Å². The number of aryl methyl sites for hydroxylation is 1. The fraction of sp³-hybridized carbons (Fsp3) is 0.417. The first-order chi connectivity index (χ1) is 8.97. The number of fused-ring (bicyclic) bond motifs is 1. The van der Waals surface area contributed by atoms with Crippen molar-refractivity contribution in [2.24, 2.45) is 0 Å². The molecule has 0 aromatic carbocycles. The Kier molecular flexibility index (Phi) is 3.94. The van der Waals surface area contributed by atoms with Gasteiger partial charge in [0.15, 0.2) is 0 Å². The summed E-state index contributed by atoms with van der Waals surface area (Å²) in [6.07, 6.45) is 1.77. The Hall–Kier alpha value is -1.37. The molecule has 0 fully saturated rings. The van der Waals surface area contributed by atoms with Crippen molar-refractivity contribution >= 4 is 40.5 Å². The third-order valence-corrected chi connectivity index (χ3v) is 3.69. The second-order valence-corrected chi connectivity index (χ2v) is 5.17. The molecule has 100 valence electrons. The Bertz CT molecular complexity index is 638. The van der Waals surface area contributed by atoms with Crippen molar-refractivity contribution in [1.29, 1.82) is 0 Å². The molecule has 2 rings (SSSR count). The van der Waals surface area contributed by atoms with Crippen LogP contribution < -0.4 is 4.90 Å². The molecule has 0 aliphatic rings. The van der Waals surface area contributed by atoms with E-state index in [0.29, 0.717) is 12.3 Å². The molecular formula is C12H16BBrN4O. The van der Waals surface area contributed by atoms with Gasteiger partial charge in [-0.1, -0.05) is 0 Å². The fourth-order valence-electron chi connectivity index (χ4n) is 1.93. The molecule has 0 unspecified atom stereocenters. The summed E-state index contributed by atoms with van der Waals surface area (Å²) < 4.78 is 8.20. The molecule has 2 heterocycles. The van der Waals surface area contributed by atoms with Crippen LogP contribution in [0.3, 0.4) is 0 Å². The molecule has 0 radical (unpaired) electrons. The van der Waals surface area contributed by atoms with E-state index in [4.69, 9.17) is 4.74 Å². The number of anilines is 1. The van der Waals surface area contributed by atoms with Gasteiger partial charge in [-0.15, -0.1) is 0 Å². The Morgan fingerprint density at radius 1 is 1.53 bits per heavy atom. The molecule has 0 saturated heterocycles. The first-order valence-corrected chi connectivity index (χ1v) is 6.79. The zero-order chi connectivity index (χ0) is 14.2. The van der Waals surface area contributed by atoms with Crippen molar-refractivity contribution in [1.82, 2.24) is 14.6 Å². The summed E-state index contributed by atoms with van der Waals surface area (Å²) >= 11 is 3.51. The molecule has 7 heteroatoms. The van der Waals surface area contributed by atoms with E-state index in [2.05, 4.69) is 33.5 Å². The van der Waals surface area contributed by atoms with Crippen LogP contribution in [0.25, 0.3) is 5.65 Å². The van der Waals surface area contributed by atoms with Gasteiger partial charge in [-0.2, -0.15) is 0 Å². The van der Waals surface area contributed by atoms with Crippen molar-refractivity contribution in [2.45, 2.75) is 13.8 Å². The molecule has 0 N–H and O–H groups in total. The zero-order valence-corrected chi connectivity index (χ0v) is 13.2. The van der Waals surface area contributed by atoms with Crippen molar-refractivity contribution in [3.63, 3.8) is 0 Å². The Labute approximate surface area is 121 Å². The first kappa shape index (κ1) is 14.1. The van der Waals surface area contributed by atoms with E-state index in [-0.39, 0.29) is 0 Å². The molecule has 0 aliphatic heterocycles. The van der Waals surface area contributed by atoms with Gasteiger partial charge in [0, 0.05) is 0 Å². The molecule has 0 saturated carbocycles. The van der Waals surface area contributed by atoms with Crippen molar-refractivity contribution < 1.29 is 4.74 Å². The molecule has 2 aromatic rings. The average Bonchev–Trinajstić information content (AvgIpc) is 2.64. The van der Waals surface area contributed by atoms with Crippen molar-refractivity contribution in [3.8, 4) is 0 Å². The van der Waals surface area contributed by atoms with E-state index in [0.717, 1.165) is 27.2 Å². The number of aromatic nitrogens is 3. The quantitative estimate of drug-likeness (QED) is 0.795. The molecule has 0 aliphatic carbocycles. The predicted octanol–water partition coefficient (Wildman–Crippen LogP) is 1.28. The predicted molar refractivity (Wildman–Crippen MR) is 82.6 cm³/mol. The summed E-state index contributed by atoms with van der Waals surface area (Å²) in [6, 6.07) is 0. The van der Waals surface area contributed by atoms with Crippen LogP contribution in [-0.4, -0.2) is 48.4 Å². The minimum absolute atomic E-state index is 0.575. The fourth-order valence-corrected chi connectivity index (χ4v) is 2.28. The third-order valence-electron chi connectivity index (χ3n) is 2.76. The molecular weight excluding hydrogens is 307 g/mol. The number of hydrogen-bond acceptors (Lipinski definition) is 4. The van der Waals surface area contributed by atoms with Crippen molar-refractivity contribution in [2.75, 3.05) is 25.6 Å². The average molecular weight is 323 g/mol. The van der Waals surface area contributed by atoms with E-state index in [1.54, 1.807) is 10.7 Å². The first-order valence-electron chi connectivity index (χ1n) is 6.00. The molecule has 5 nitrogen and oxygen atoms in total. The van der Waals surface area contributed by atoms with Crippen LogP contribution in [0.1, 0.15) is 18.2 Å². The van der Waals surface area contributed by atoms with E-state index in [9.17, 15) is 0 Å². The molecule has 2 aromatic heterocycles. The van der Waals surface area contributed by atoms with Crippen LogP contribution in [0, 0.1) is 6.92 Å². The van der Waals surface area contributed by atoms with Crippen LogP contribution in [0.2, 0.25) is 0 Å². The maximum absolute atomic E-state index is 5.49. The number of ether oxygens (including phenoxy) is 1. The normalized spacial score (nSPS) is 10.7. The van der Waals surface area contributed by atoms with Gasteiger partial charge < -0.3 is 0 Å². The van der Waals surface area contributed by atoms with Gasteiger partial charge in [-0.05, 0) is 0 Å². The molecule has 0 atom stereocenters. The summed E-state index contributed by atoms with van der Waals surface area (Å²) in [5.74, 6) is 0.900. The van der Waals surface area contributed by atoms with Gasteiger partial charge in [-0.25, -0.2) is 0 Å². The van der Waals surface area contributed by atoms with Crippen LogP contribution in [0.5, 0.6) is 0 Å². The van der Waals surface area contributed by atoms with Gasteiger partial charge in [0.2, 0.25) is 0 Å². The summed E-state index contributed by atoms with van der Waals surface area (Å²) in [6.45, 7) is 4.45. The van der Waals surface area contributed by atoms with Crippen LogP contribution >= 0.6 is 15.9 Å². The monoisotopic (exact) mass is 322 g/mol. The number of halogens is 1. The zero-order valence-electron chi connectivity index (χ0n) is 11.6. The minimum atomic E-state index is 0.575. The molecule has 19 heavy (non-hydrogen) atoms. The second kappa shape index (κ2) is 5.32. The Morgan fingerprint density at radius 3 is 2.79 bits per heavy atom. The summed E-state index contributed by atoms with van der Waals surface area (Å²) in [7, 11) is 7.87. The van der Waals surface area contributed by atoms with E-state index in [1.165, 1.54) is 0 Å². The standard InChI is InChI=1S/C12H16BBrN4O/c1-5-19-10(13)8-6-15-11-9(14)7(2)16-18(11)12(8)17(3)4/h6,13H,5H2,1-4H3. The van der Waals surface area contributed by atoms with Crippen LogP contribution in [-0.2, 0) is 4.74 Å². The Balaban J connectivity index is 2.72. The number of rotatable bonds is 4. The van der Waals surface area contributed by atoms with Gasteiger partial charge in [0.25, 0.3) is 0 Å². The van der Waals surface area contributed by atoms with Gasteiger partial charge in [0.1, 0.15) is 0 Å². The van der Waals surface area contributed by atoms with Crippen LogP contribution in [0.4, 0.5) is 5.82 Å². The van der Waals surface area contributed by atoms with Crippen molar-refractivity contribution in [3.05, 3.63) is 21.9 Å². The van der Waals surface area contributed by atoms with E-state index >= 15 is 0 Å². The Morgan fingerprint density at radius 2 is 2.21 bits per heavy atom. The SMILES string of the molecule is B=C(OCC)c1cnc2c(Br)c(C)nn2c1N(C)C. The summed E-state index contributed by atoms with van der Waals surface area (Å²) in [5.41, 5.74) is 3.13. The van der Waals surface area contributed by atoms with E-state index < -0.39 is 0 Å². The van der Waals surface area contributed by atoms with Gasteiger partial charge in [-0.3, -0.25) is 0 Å². The molecule has 0 bridgehead atoms.